The van der Waals surface area contributed by atoms with Gasteiger partial charge in [-0.1, -0.05) is 23.8 Å². The molecule has 2 aromatic heterocycles. The van der Waals surface area contributed by atoms with Gasteiger partial charge in [-0.3, -0.25) is 0 Å². The van der Waals surface area contributed by atoms with Gasteiger partial charge in [0, 0.05) is 30.8 Å². The van der Waals surface area contributed by atoms with Gasteiger partial charge in [0.05, 0.1) is 27.6 Å². The Morgan fingerprint density at radius 1 is 1.24 bits per heavy atom. The number of sulfonamides is 1. The first-order valence-electron chi connectivity index (χ1n) is 9.43. The Balaban J connectivity index is 1.75. The van der Waals surface area contributed by atoms with Crippen molar-refractivity contribution in [2.45, 2.75) is 31.7 Å². The zero-order valence-corrected chi connectivity index (χ0v) is 17.9. The first-order chi connectivity index (χ1) is 13.9. The van der Waals surface area contributed by atoms with Crippen LogP contribution in [0, 0.1) is 6.92 Å². The third-order valence-corrected chi connectivity index (χ3v) is 7.79. The molecule has 0 amide bonds. The fourth-order valence-corrected chi connectivity index (χ4v) is 5.71. The second kappa shape index (κ2) is 7.78. The predicted molar refractivity (Wildman–Crippen MR) is 113 cm³/mol. The first kappa shape index (κ1) is 19.9. The van der Waals surface area contributed by atoms with Crippen LogP contribution in [0.4, 0.5) is 0 Å². The molecule has 0 saturated heterocycles. The Morgan fingerprint density at radius 2 is 2.00 bits per heavy atom. The molecule has 4 rings (SSSR count). The highest BCUT2D eigenvalue weighted by Crippen LogP contribution is 2.36. The lowest BCUT2D eigenvalue weighted by Crippen LogP contribution is -2.36. The van der Waals surface area contributed by atoms with Gasteiger partial charge in [0.15, 0.2) is 0 Å². The highest BCUT2D eigenvalue weighted by molar-refractivity contribution is 7.89. The Bertz CT molecular complexity index is 1130. The van der Waals surface area contributed by atoms with Gasteiger partial charge in [-0.2, -0.15) is 4.31 Å². The maximum atomic E-state index is 13.2. The Morgan fingerprint density at radius 3 is 2.66 bits per heavy atom. The number of ether oxygens (including phenoxy) is 1. The molecule has 0 spiro atoms. The van der Waals surface area contributed by atoms with E-state index in [9.17, 15) is 13.2 Å². The lowest BCUT2D eigenvalue weighted by atomic mass is 10.0. The van der Waals surface area contributed by atoms with Crippen LogP contribution in [0.1, 0.15) is 34.1 Å². The molecule has 0 fully saturated rings. The number of nitrogens with one attached hydrogen (secondary N) is 1. The van der Waals surface area contributed by atoms with E-state index in [1.54, 1.807) is 31.2 Å². The number of fused-ring (bicyclic) bond motifs is 1. The third-order valence-electron chi connectivity index (χ3n) is 5.04. The summed E-state index contributed by atoms with van der Waals surface area (Å²) < 4.78 is 33.0. The number of rotatable bonds is 5. The molecule has 0 radical (unpaired) electrons. The monoisotopic (exact) mass is 430 g/mol. The summed E-state index contributed by atoms with van der Waals surface area (Å²) in [7, 11) is -3.65. The minimum atomic E-state index is -3.65. The van der Waals surface area contributed by atoms with Crippen molar-refractivity contribution >= 4 is 27.3 Å². The molecule has 0 unspecified atom stereocenters. The lowest BCUT2D eigenvalue weighted by Gasteiger charge is -2.27. The topological polar surface area (TPSA) is 79.5 Å². The van der Waals surface area contributed by atoms with E-state index in [0.717, 1.165) is 16.1 Å². The summed E-state index contributed by atoms with van der Waals surface area (Å²) in [6, 6.07) is 10.7. The van der Waals surface area contributed by atoms with Crippen molar-refractivity contribution in [2.24, 2.45) is 0 Å². The number of aryl methyl sites for hydroxylation is 1. The summed E-state index contributed by atoms with van der Waals surface area (Å²) in [5.74, 6) is -0.428. The molecule has 1 aliphatic rings. The lowest BCUT2D eigenvalue weighted by molar-refractivity contribution is 0.0525. The van der Waals surface area contributed by atoms with E-state index in [-0.39, 0.29) is 18.0 Å². The van der Waals surface area contributed by atoms with Crippen LogP contribution in [-0.2, 0) is 27.7 Å². The van der Waals surface area contributed by atoms with Gasteiger partial charge in [0.1, 0.15) is 0 Å². The fraction of sp³-hybridized carbons (Fsp3) is 0.286. The van der Waals surface area contributed by atoms with Crippen LogP contribution in [0.5, 0.6) is 0 Å². The maximum Gasteiger partial charge on any atom is 0.340 e. The minimum absolute atomic E-state index is 0.140. The summed E-state index contributed by atoms with van der Waals surface area (Å²) in [6.07, 6.45) is 0.512. The van der Waals surface area contributed by atoms with Crippen LogP contribution < -0.4 is 0 Å². The smallest absolute Gasteiger partial charge is 0.340 e. The summed E-state index contributed by atoms with van der Waals surface area (Å²) in [4.78, 5) is 17.3. The molecule has 0 saturated carbocycles. The van der Waals surface area contributed by atoms with Crippen molar-refractivity contribution in [3.8, 4) is 10.6 Å². The van der Waals surface area contributed by atoms with Gasteiger partial charge in [0.2, 0.25) is 10.0 Å². The average molecular weight is 431 g/mol. The largest absolute Gasteiger partial charge is 0.462 e. The summed E-state index contributed by atoms with van der Waals surface area (Å²) >= 11 is 1.52. The number of carbonyl (C=O) groups is 1. The van der Waals surface area contributed by atoms with Crippen LogP contribution in [0.2, 0.25) is 0 Å². The van der Waals surface area contributed by atoms with E-state index in [1.807, 2.05) is 24.4 Å². The Kier molecular flexibility index (Phi) is 5.33. The molecule has 6 nitrogen and oxygen atoms in total. The number of carbonyl (C=O) groups excluding carboxylic acids is 1. The van der Waals surface area contributed by atoms with Crippen molar-refractivity contribution in [1.29, 1.82) is 0 Å². The van der Waals surface area contributed by atoms with Crippen molar-refractivity contribution in [1.82, 2.24) is 9.29 Å². The van der Waals surface area contributed by atoms with Crippen LogP contribution in [0.25, 0.3) is 10.6 Å². The van der Waals surface area contributed by atoms with E-state index < -0.39 is 16.0 Å². The third kappa shape index (κ3) is 3.63. The van der Waals surface area contributed by atoms with E-state index in [2.05, 4.69) is 4.98 Å². The molecular weight excluding hydrogens is 408 g/mol. The van der Waals surface area contributed by atoms with Gasteiger partial charge >= 0.3 is 5.97 Å². The molecule has 1 N–H and O–H groups in total. The SMILES string of the molecule is CCOC(=O)c1c(-c2cccs2)[nH]c2c1CN(S(=O)(=O)c1ccc(C)cc1)CC2. The standard InChI is InChI=1S/C21H22N2O4S2/c1-3-27-21(24)19-16-13-23(29(25,26)15-8-6-14(2)7-9-15)11-10-17(16)22-20(19)18-5-4-12-28-18/h4-9,12,22H,3,10-11,13H2,1-2H3. The van der Waals surface area contributed by atoms with E-state index in [0.29, 0.717) is 29.8 Å². The van der Waals surface area contributed by atoms with Gasteiger partial charge in [-0.15, -0.1) is 11.3 Å². The number of thiophene rings is 1. The van der Waals surface area contributed by atoms with Crippen molar-refractivity contribution < 1.29 is 17.9 Å². The van der Waals surface area contributed by atoms with Crippen molar-refractivity contribution in [3.63, 3.8) is 0 Å². The number of H-pyrrole nitrogens is 1. The molecule has 8 heteroatoms. The quantitative estimate of drug-likeness (QED) is 0.621. The van der Waals surface area contributed by atoms with Crippen LogP contribution in [0.3, 0.4) is 0 Å². The molecule has 152 valence electrons. The fourth-order valence-electron chi connectivity index (χ4n) is 3.57. The second-order valence-corrected chi connectivity index (χ2v) is 9.82. The highest BCUT2D eigenvalue weighted by atomic mass is 32.2. The number of aromatic nitrogens is 1. The Labute approximate surface area is 174 Å². The number of aromatic amines is 1. The molecule has 1 aromatic carbocycles. The summed E-state index contributed by atoms with van der Waals surface area (Å²) in [5, 5.41) is 1.94. The van der Waals surface area contributed by atoms with Crippen LogP contribution in [0.15, 0.2) is 46.7 Å². The molecule has 0 bridgehead atoms. The number of esters is 1. The van der Waals surface area contributed by atoms with Crippen molar-refractivity contribution in [3.05, 3.63) is 64.2 Å². The zero-order chi connectivity index (χ0) is 20.6. The van der Waals surface area contributed by atoms with Crippen LogP contribution >= 0.6 is 11.3 Å². The van der Waals surface area contributed by atoms with Gasteiger partial charge in [-0.25, -0.2) is 13.2 Å². The average Bonchev–Trinajstić information content (AvgIpc) is 3.35. The van der Waals surface area contributed by atoms with E-state index >= 15 is 0 Å². The first-order valence-corrected chi connectivity index (χ1v) is 11.7. The number of nitrogens with zero attached hydrogens (tertiary/aromatic N) is 1. The molecule has 0 aliphatic carbocycles. The number of benzene rings is 1. The van der Waals surface area contributed by atoms with E-state index in [1.165, 1.54) is 15.6 Å². The van der Waals surface area contributed by atoms with Crippen LogP contribution in [-0.4, -0.2) is 36.8 Å². The predicted octanol–water partition coefficient (Wildman–Crippen LogP) is 3.98. The number of hydrogen-bond donors (Lipinski definition) is 1. The van der Waals surface area contributed by atoms with Gasteiger partial charge < -0.3 is 9.72 Å². The molecule has 0 atom stereocenters. The number of hydrogen-bond acceptors (Lipinski definition) is 5. The molecular formula is C21H22N2O4S2. The molecule has 29 heavy (non-hydrogen) atoms. The maximum absolute atomic E-state index is 13.2. The zero-order valence-electron chi connectivity index (χ0n) is 16.3. The minimum Gasteiger partial charge on any atom is -0.462 e. The van der Waals surface area contributed by atoms with Gasteiger partial charge in [0.25, 0.3) is 0 Å². The molecule has 3 heterocycles. The normalized spacial score (nSPS) is 14.6. The molecule has 1 aliphatic heterocycles. The summed E-state index contributed by atoms with van der Waals surface area (Å²) in [5.41, 5.74) is 3.74. The highest BCUT2D eigenvalue weighted by Gasteiger charge is 2.34. The van der Waals surface area contributed by atoms with Crippen molar-refractivity contribution in [2.75, 3.05) is 13.2 Å². The Hall–Kier alpha value is -2.42. The second-order valence-electron chi connectivity index (χ2n) is 6.93. The van der Waals surface area contributed by atoms with Gasteiger partial charge in [-0.05, 0) is 37.4 Å². The summed E-state index contributed by atoms with van der Waals surface area (Å²) in [6.45, 7) is 4.43. The van der Waals surface area contributed by atoms with E-state index in [4.69, 9.17) is 4.74 Å². The molecule has 3 aromatic rings.